The number of rotatable bonds is 2. The van der Waals surface area contributed by atoms with E-state index >= 15 is 0 Å². The summed E-state index contributed by atoms with van der Waals surface area (Å²) >= 11 is 1.80. The minimum absolute atomic E-state index is 0.249. The van der Waals surface area contributed by atoms with Gasteiger partial charge < -0.3 is 5.32 Å². The van der Waals surface area contributed by atoms with Crippen molar-refractivity contribution >= 4 is 45.0 Å². The monoisotopic (exact) mass is 441 g/mol. The Hall–Kier alpha value is -2.09. The molecule has 2 nitrogen and oxygen atoms in total. The number of benzene rings is 3. The predicted octanol–water partition coefficient (Wildman–Crippen LogP) is 5.72. The van der Waals surface area contributed by atoms with Gasteiger partial charge in [0.15, 0.2) is 0 Å². The van der Waals surface area contributed by atoms with Crippen LogP contribution in [-0.2, 0) is 6.18 Å². The summed E-state index contributed by atoms with van der Waals surface area (Å²) in [5, 5.41) is 4.17. The molecule has 0 unspecified atom stereocenters. The maximum absolute atomic E-state index is 13.1. The van der Waals surface area contributed by atoms with Crippen LogP contribution < -0.4 is 5.32 Å². The Bertz CT molecular complexity index is 922. The molecule has 1 amide bonds. The van der Waals surface area contributed by atoms with Crippen molar-refractivity contribution in [1.29, 1.82) is 0 Å². The van der Waals surface area contributed by atoms with E-state index < -0.39 is 17.6 Å². The van der Waals surface area contributed by atoms with Crippen LogP contribution in [0.2, 0.25) is 0 Å². The predicted molar refractivity (Wildman–Crippen MR) is 96.1 cm³/mol. The number of carbonyl (C=O) groups excluding carboxylic acids is 1. The van der Waals surface area contributed by atoms with Crippen molar-refractivity contribution in [3.05, 3.63) is 75.4 Å². The number of carbonyl (C=O) groups is 1. The molecule has 0 aliphatic heterocycles. The Morgan fingerprint density at radius 2 is 1.62 bits per heavy atom. The molecular formula is C18H11F3INO. The lowest BCUT2D eigenvalue weighted by molar-refractivity contribution is -0.137. The molecule has 0 aliphatic rings. The summed E-state index contributed by atoms with van der Waals surface area (Å²) in [6.45, 7) is 0. The zero-order valence-electron chi connectivity index (χ0n) is 12.2. The largest absolute Gasteiger partial charge is 0.418 e. The van der Waals surface area contributed by atoms with E-state index in [1.165, 1.54) is 12.1 Å². The van der Waals surface area contributed by atoms with Gasteiger partial charge in [-0.1, -0.05) is 30.3 Å². The highest BCUT2D eigenvalue weighted by molar-refractivity contribution is 14.1. The van der Waals surface area contributed by atoms with Crippen LogP contribution in [0.15, 0.2) is 60.7 Å². The van der Waals surface area contributed by atoms with Gasteiger partial charge in [-0.15, -0.1) is 0 Å². The lowest BCUT2D eigenvalue weighted by Crippen LogP contribution is -2.16. The fourth-order valence-corrected chi connectivity index (χ4v) is 2.88. The third-order valence-electron chi connectivity index (χ3n) is 3.55. The summed E-state index contributed by atoms with van der Waals surface area (Å²) < 4.78 is 39.9. The topological polar surface area (TPSA) is 29.1 Å². The van der Waals surface area contributed by atoms with Crippen LogP contribution in [0, 0.1) is 3.57 Å². The molecule has 122 valence electrons. The maximum Gasteiger partial charge on any atom is 0.418 e. The normalized spacial score (nSPS) is 11.5. The lowest BCUT2D eigenvalue weighted by atomic mass is 10.1. The van der Waals surface area contributed by atoms with Gasteiger partial charge in [-0.3, -0.25) is 4.79 Å². The number of alkyl halides is 3. The highest BCUT2D eigenvalue weighted by atomic mass is 127. The Morgan fingerprint density at radius 3 is 2.33 bits per heavy atom. The quantitative estimate of drug-likeness (QED) is 0.507. The second-order valence-corrected chi connectivity index (χ2v) is 6.45. The zero-order chi connectivity index (χ0) is 17.3. The summed E-state index contributed by atoms with van der Waals surface area (Å²) in [6.07, 6.45) is -4.53. The SMILES string of the molecule is O=C(Nc1ccc(I)cc1C(F)(F)F)c1ccc2ccccc2c1. The van der Waals surface area contributed by atoms with Crippen LogP contribution in [0.3, 0.4) is 0 Å². The smallest absolute Gasteiger partial charge is 0.321 e. The Morgan fingerprint density at radius 1 is 0.917 bits per heavy atom. The van der Waals surface area contributed by atoms with Gasteiger partial charge in [0.05, 0.1) is 11.3 Å². The highest BCUT2D eigenvalue weighted by Crippen LogP contribution is 2.36. The molecule has 0 atom stereocenters. The van der Waals surface area contributed by atoms with Crippen LogP contribution in [-0.4, -0.2) is 5.91 Å². The van der Waals surface area contributed by atoms with E-state index in [1.54, 1.807) is 40.8 Å². The van der Waals surface area contributed by atoms with Gasteiger partial charge >= 0.3 is 6.18 Å². The Labute approximate surface area is 149 Å². The number of amides is 1. The van der Waals surface area contributed by atoms with Gasteiger partial charge in [-0.25, -0.2) is 0 Å². The molecule has 3 aromatic rings. The number of fused-ring (bicyclic) bond motifs is 1. The first-order valence-corrected chi connectivity index (χ1v) is 8.09. The summed E-state index contributed by atoms with van der Waals surface area (Å²) in [6, 6.07) is 16.3. The van der Waals surface area contributed by atoms with Crippen LogP contribution in [0.4, 0.5) is 18.9 Å². The van der Waals surface area contributed by atoms with E-state index in [-0.39, 0.29) is 5.69 Å². The third kappa shape index (κ3) is 3.53. The van der Waals surface area contributed by atoms with Crippen LogP contribution >= 0.6 is 22.6 Å². The van der Waals surface area contributed by atoms with Crippen LogP contribution in [0.5, 0.6) is 0 Å². The van der Waals surface area contributed by atoms with E-state index in [0.717, 1.165) is 16.8 Å². The highest BCUT2D eigenvalue weighted by Gasteiger charge is 2.34. The van der Waals surface area contributed by atoms with Crippen molar-refractivity contribution in [2.24, 2.45) is 0 Å². The van der Waals surface area contributed by atoms with Gasteiger partial charge in [0.25, 0.3) is 5.91 Å². The Kier molecular flexibility index (Phi) is 4.49. The van der Waals surface area contributed by atoms with Crippen molar-refractivity contribution in [2.75, 3.05) is 5.32 Å². The number of anilines is 1. The van der Waals surface area contributed by atoms with Gasteiger partial charge in [-0.2, -0.15) is 13.2 Å². The average Bonchev–Trinajstić information content (AvgIpc) is 2.55. The van der Waals surface area contributed by atoms with Crippen molar-refractivity contribution in [3.63, 3.8) is 0 Å². The van der Waals surface area contributed by atoms with Crippen LogP contribution in [0.25, 0.3) is 10.8 Å². The molecule has 0 bridgehead atoms. The number of nitrogens with one attached hydrogen (secondary N) is 1. The van der Waals surface area contributed by atoms with Gasteiger partial charge in [-0.05, 0) is 63.7 Å². The van der Waals surface area contributed by atoms with E-state index in [9.17, 15) is 18.0 Å². The van der Waals surface area contributed by atoms with E-state index in [4.69, 9.17) is 0 Å². The molecule has 3 rings (SSSR count). The van der Waals surface area contributed by atoms with Crippen molar-refractivity contribution < 1.29 is 18.0 Å². The Balaban J connectivity index is 1.94. The molecule has 0 fully saturated rings. The molecule has 6 heteroatoms. The van der Waals surface area contributed by atoms with Crippen molar-refractivity contribution in [1.82, 2.24) is 0 Å². The zero-order valence-corrected chi connectivity index (χ0v) is 14.4. The second kappa shape index (κ2) is 6.43. The van der Waals surface area contributed by atoms with Crippen LogP contribution in [0.1, 0.15) is 15.9 Å². The first kappa shape index (κ1) is 16.8. The number of halogens is 4. The molecule has 0 heterocycles. The summed E-state index contributed by atoms with van der Waals surface area (Å²) in [5.74, 6) is -0.576. The van der Waals surface area contributed by atoms with Gasteiger partial charge in [0, 0.05) is 9.13 Å². The molecular weight excluding hydrogens is 430 g/mol. The molecule has 0 aliphatic carbocycles. The number of hydrogen-bond acceptors (Lipinski definition) is 1. The fraction of sp³-hybridized carbons (Fsp3) is 0.0556. The molecule has 0 spiro atoms. The molecule has 24 heavy (non-hydrogen) atoms. The summed E-state index contributed by atoms with van der Waals surface area (Å²) in [5.41, 5.74) is -0.801. The van der Waals surface area contributed by atoms with Crippen molar-refractivity contribution in [3.8, 4) is 0 Å². The minimum atomic E-state index is -4.53. The fourth-order valence-electron chi connectivity index (χ4n) is 2.39. The lowest BCUT2D eigenvalue weighted by Gasteiger charge is -2.14. The van der Waals surface area contributed by atoms with E-state index in [2.05, 4.69) is 5.32 Å². The first-order chi connectivity index (χ1) is 11.3. The second-order valence-electron chi connectivity index (χ2n) is 5.20. The number of hydrogen-bond donors (Lipinski definition) is 1. The molecule has 1 N–H and O–H groups in total. The molecule has 0 radical (unpaired) electrons. The van der Waals surface area contributed by atoms with E-state index in [1.807, 2.05) is 24.3 Å². The van der Waals surface area contributed by atoms with Crippen molar-refractivity contribution in [2.45, 2.75) is 6.18 Å². The molecule has 0 saturated carbocycles. The summed E-state index contributed by atoms with van der Waals surface area (Å²) in [4.78, 5) is 12.3. The minimum Gasteiger partial charge on any atom is -0.321 e. The molecule has 0 saturated heterocycles. The first-order valence-electron chi connectivity index (χ1n) is 7.01. The average molecular weight is 441 g/mol. The maximum atomic E-state index is 13.1. The van der Waals surface area contributed by atoms with Gasteiger partial charge in [0.2, 0.25) is 0 Å². The molecule has 3 aromatic carbocycles. The standard InChI is InChI=1S/C18H11F3INO/c19-18(20,21)15-10-14(22)7-8-16(15)23-17(24)13-6-5-11-3-1-2-4-12(11)9-13/h1-10H,(H,23,24). The third-order valence-corrected chi connectivity index (χ3v) is 4.22. The van der Waals surface area contributed by atoms with Gasteiger partial charge in [0.1, 0.15) is 0 Å². The van der Waals surface area contributed by atoms with E-state index in [0.29, 0.717) is 9.13 Å². The summed E-state index contributed by atoms with van der Waals surface area (Å²) in [7, 11) is 0. The molecule has 0 aromatic heterocycles.